The number of hydrogen-bond acceptors (Lipinski definition) is 2. The molecule has 0 spiro atoms. The van der Waals surface area contributed by atoms with Crippen molar-refractivity contribution in [2.24, 2.45) is 0 Å². The zero-order valence-corrected chi connectivity index (χ0v) is 8.34. The Labute approximate surface area is 82.8 Å². The van der Waals surface area contributed by atoms with Crippen molar-refractivity contribution in [2.45, 2.75) is 25.4 Å². The van der Waals surface area contributed by atoms with Crippen LogP contribution in [0.25, 0.3) is 0 Å². The molecule has 0 aliphatic carbocycles. The topological polar surface area (TPSA) is 32.3 Å². The molecule has 0 amide bonds. The highest BCUT2D eigenvalue weighted by Gasteiger charge is 2.34. The van der Waals surface area contributed by atoms with Gasteiger partial charge in [0.25, 0.3) is 0 Å². The Morgan fingerprint density at radius 3 is 2.86 bits per heavy atom. The summed E-state index contributed by atoms with van der Waals surface area (Å²) in [6.07, 6.45) is 0. The van der Waals surface area contributed by atoms with Crippen molar-refractivity contribution in [3.8, 4) is 0 Å². The van der Waals surface area contributed by atoms with Gasteiger partial charge in [-0.3, -0.25) is 0 Å². The monoisotopic (exact) mass is 195 g/mol. The van der Waals surface area contributed by atoms with Crippen LogP contribution >= 0.6 is 0 Å². The second-order valence-electron chi connectivity index (χ2n) is 4.32. The molecule has 1 aliphatic rings. The summed E-state index contributed by atoms with van der Waals surface area (Å²) in [5.74, 6) is -0.283. The lowest BCUT2D eigenvalue weighted by molar-refractivity contribution is 0.0561. The van der Waals surface area contributed by atoms with Gasteiger partial charge < -0.3 is 10.4 Å². The second-order valence-corrected chi connectivity index (χ2v) is 4.32. The van der Waals surface area contributed by atoms with Gasteiger partial charge in [-0.2, -0.15) is 0 Å². The molecule has 2 N–H and O–H groups in total. The molecular formula is C11H14FNO. The van der Waals surface area contributed by atoms with Crippen LogP contribution in [-0.2, 0) is 0 Å². The largest absolute Gasteiger partial charge is 0.390 e. The molecule has 14 heavy (non-hydrogen) atoms. The Morgan fingerprint density at radius 2 is 2.21 bits per heavy atom. The molecule has 0 fully saturated rings. The third-order valence-corrected chi connectivity index (χ3v) is 2.74. The standard InChI is InChI=1S/C11H14FNO/c1-11(2,14)9-6-13-10-4-3-7(12)5-8(9)10/h3-5,9,13-14H,6H2,1-2H3. The summed E-state index contributed by atoms with van der Waals surface area (Å²) in [4.78, 5) is 0. The maximum absolute atomic E-state index is 13.0. The Bertz CT molecular complexity index is 357. The molecule has 1 unspecified atom stereocenters. The quantitative estimate of drug-likeness (QED) is 0.719. The fraction of sp³-hybridized carbons (Fsp3) is 0.455. The van der Waals surface area contributed by atoms with Crippen molar-refractivity contribution in [2.75, 3.05) is 11.9 Å². The van der Waals surface area contributed by atoms with Crippen LogP contribution in [0.3, 0.4) is 0 Å². The lowest BCUT2D eigenvalue weighted by atomic mass is 9.86. The number of anilines is 1. The van der Waals surface area contributed by atoms with Crippen LogP contribution in [0.4, 0.5) is 10.1 Å². The molecule has 1 aliphatic heterocycles. The Kier molecular flexibility index (Phi) is 2.00. The maximum Gasteiger partial charge on any atom is 0.123 e. The van der Waals surface area contributed by atoms with Crippen molar-refractivity contribution < 1.29 is 9.50 Å². The van der Waals surface area contributed by atoms with Gasteiger partial charge in [0.2, 0.25) is 0 Å². The van der Waals surface area contributed by atoms with Crippen LogP contribution in [0.5, 0.6) is 0 Å². The van der Waals surface area contributed by atoms with Crippen molar-refractivity contribution in [1.29, 1.82) is 0 Å². The molecule has 1 aromatic carbocycles. The zero-order chi connectivity index (χ0) is 10.3. The molecule has 1 heterocycles. The van der Waals surface area contributed by atoms with Gasteiger partial charge >= 0.3 is 0 Å². The minimum absolute atomic E-state index is 0.0341. The highest BCUT2D eigenvalue weighted by Crippen LogP contribution is 2.38. The van der Waals surface area contributed by atoms with Crippen LogP contribution in [0, 0.1) is 5.82 Å². The van der Waals surface area contributed by atoms with Crippen molar-refractivity contribution in [3.05, 3.63) is 29.6 Å². The van der Waals surface area contributed by atoms with E-state index in [1.54, 1.807) is 19.9 Å². The van der Waals surface area contributed by atoms with Gasteiger partial charge in [0.1, 0.15) is 5.82 Å². The summed E-state index contributed by atoms with van der Waals surface area (Å²) >= 11 is 0. The van der Waals surface area contributed by atoms with E-state index in [2.05, 4.69) is 5.32 Å². The first-order chi connectivity index (χ1) is 6.48. The smallest absolute Gasteiger partial charge is 0.123 e. The van der Waals surface area contributed by atoms with Crippen LogP contribution in [0.15, 0.2) is 18.2 Å². The lowest BCUT2D eigenvalue weighted by Crippen LogP contribution is -2.30. The molecule has 0 aromatic heterocycles. The molecule has 0 saturated carbocycles. The molecule has 3 heteroatoms. The highest BCUT2D eigenvalue weighted by atomic mass is 19.1. The normalized spacial score (nSPS) is 20.4. The predicted octanol–water partition coefficient (Wildman–Crippen LogP) is 2.11. The van der Waals surface area contributed by atoms with Gasteiger partial charge in [-0.1, -0.05) is 0 Å². The van der Waals surface area contributed by atoms with Crippen LogP contribution in [0.2, 0.25) is 0 Å². The third kappa shape index (κ3) is 1.48. The molecule has 0 bridgehead atoms. The number of aliphatic hydroxyl groups is 1. The molecule has 0 radical (unpaired) electrons. The van der Waals surface area contributed by atoms with Gasteiger partial charge in [0.05, 0.1) is 5.60 Å². The fourth-order valence-electron chi connectivity index (χ4n) is 1.94. The van der Waals surface area contributed by atoms with Gasteiger partial charge in [0, 0.05) is 18.2 Å². The van der Waals surface area contributed by atoms with E-state index in [1.807, 2.05) is 0 Å². The van der Waals surface area contributed by atoms with Gasteiger partial charge in [-0.15, -0.1) is 0 Å². The molecule has 2 nitrogen and oxygen atoms in total. The van der Waals surface area contributed by atoms with Crippen molar-refractivity contribution >= 4 is 5.69 Å². The molecule has 0 saturated heterocycles. The molecule has 1 atom stereocenters. The summed E-state index contributed by atoms with van der Waals surface area (Å²) < 4.78 is 13.0. The Morgan fingerprint density at radius 1 is 1.50 bits per heavy atom. The Balaban J connectivity index is 2.43. The number of hydrogen-bond donors (Lipinski definition) is 2. The summed E-state index contributed by atoms with van der Waals surface area (Å²) in [6.45, 7) is 4.17. The van der Waals surface area contributed by atoms with E-state index in [1.165, 1.54) is 12.1 Å². The zero-order valence-electron chi connectivity index (χ0n) is 8.34. The van der Waals surface area contributed by atoms with E-state index >= 15 is 0 Å². The number of halogens is 1. The van der Waals surface area contributed by atoms with E-state index in [0.717, 1.165) is 11.3 Å². The van der Waals surface area contributed by atoms with E-state index < -0.39 is 5.60 Å². The van der Waals surface area contributed by atoms with Gasteiger partial charge in [0.15, 0.2) is 0 Å². The summed E-state index contributed by atoms with van der Waals surface area (Å²) in [7, 11) is 0. The highest BCUT2D eigenvalue weighted by molar-refractivity contribution is 5.58. The van der Waals surface area contributed by atoms with Crippen LogP contribution < -0.4 is 5.32 Å². The SMILES string of the molecule is CC(C)(O)C1CNc2ccc(F)cc21. The molecular weight excluding hydrogens is 181 g/mol. The van der Waals surface area contributed by atoms with E-state index in [-0.39, 0.29) is 11.7 Å². The average Bonchev–Trinajstić information content (AvgIpc) is 2.45. The average molecular weight is 195 g/mol. The lowest BCUT2D eigenvalue weighted by Gasteiger charge is -2.25. The Hall–Kier alpha value is -1.09. The molecule has 1 aromatic rings. The number of nitrogens with one attached hydrogen (secondary N) is 1. The first-order valence-corrected chi connectivity index (χ1v) is 4.74. The number of rotatable bonds is 1. The molecule has 76 valence electrons. The van der Waals surface area contributed by atoms with Crippen molar-refractivity contribution in [1.82, 2.24) is 0 Å². The van der Waals surface area contributed by atoms with Gasteiger partial charge in [-0.25, -0.2) is 4.39 Å². The maximum atomic E-state index is 13.0. The van der Waals surface area contributed by atoms with E-state index in [9.17, 15) is 9.50 Å². The first-order valence-electron chi connectivity index (χ1n) is 4.74. The third-order valence-electron chi connectivity index (χ3n) is 2.74. The summed E-state index contributed by atoms with van der Waals surface area (Å²) in [5.41, 5.74) is 0.988. The minimum Gasteiger partial charge on any atom is -0.390 e. The van der Waals surface area contributed by atoms with E-state index in [0.29, 0.717) is 6.54 Å². The predicted molar refractivity (Wildman–Crippen MR) is 53.9 cm³/mol. The fourth-order valence-corrected chi connectivity index (χ4v) is 1.94. The number of benzene rings is 1. The van der Waals surface area contributed by atoms with Crippen LogP contribution in [-0.4, -0.2) is 17.3 Å². The van der Waals surface area contributed by atoms with Crippen molar-refractivity contribution in [3.63, 3.8) is 0 Å². The molecule has 2 rings (SSSR count). The summed E-state index contributed by atoms with van der Waals surface area (Å²) in [5, 5.41) is 13.0. The second kappa shape index (κ2) is 2.95. The van der Waals surface area contributed by atoms with E-state index in [4.69, 9.17) is 0 Å². The minimum atomic E-state index is -0.813. The number of fused-ring (bicyclic) bond motifs is 1. The van der Waals surface area contributed by atoms with Crippen LogP contribution in [0.1, 0.15) is 25.3 Å². The van der Waals surface area contributed by atoms with Gasteiger partial charge in [-0.05, 0) is 37.6 Å². The first kappa shape index (κ1) is 9.46. The summed E-state index contributed by atoms with van der Waals surface area (Å²) in [6, 6.07) is 4.65.